The Balaban J connectivity index is 1.62. The lowest BCUT2D eigenvalue weighted by atomic mass is 10.1. The Labute approximate surface area is 142 Å². The highest BCUT2D eigenvalue weighted by Gasteiger charge is 2.27. The molecule has 1 heterocycles. The molecule has 1 aromatic carbocycles. The number of rotatable bonds is 7. The molecule has 2 unspecified atom stereocenters. The number of para-hydroxylation sites is 1. The van der Waals surface area contributed by atoms with E-state index in [2.05, 4.69) is 22.5 Å². The van der Waals surface area contributed by atoms with Crippen molar-refractivity contribution < 1.29 is 5.11 Å². The number of hydrogen-bond acceptors (Lipinski definition) is 5. The highest BCUT2D eigenvalue weighted by molar-refractivity contribution is 7.13. The van der Waals surface area contributed by atoms with Gasteiger partial charge in [-0.1, -0.05) is 25.1 Å². The fraction of sp³-hybridized carbons (Fsp3) is 0.500. The molecule has 23 heavy (non-hydrogen) atoms. The third kappa shape index (κ3) is 4.53. The summed E-state index contributed by atoms with van der Waals surface area (Å²) >= 11 is 1.64. The Hall–Kier alpha value is -1.43. The number of benzene rings is 1. The predicted octanol–water partition coefficient (Wildman–Crippen LogP) is 3.87. The third-order valence-corrected chi connectivity index (χ3v) is 5.32. The van der Waals surface area contributed by atoms with Gasteiger partial charge in [0.15, 0.2) is 5.13 Å². The fourth-order valence-electron chi connectivity index (χ4n) is 3.32. The number of aromatic nitrogens is 1. The number of aliphatic hydroxyl groups is 1. The van der Waals surface area contributed by atoms with Crippen molar-refractivity contribution in [3.8, 4) is 0 Å². The van der Waals surface area contributed by atoms with Crippen LogP contribution >= 0.6 is 11.3 Å². The van der Waals surface area contributed by atoms with E-state index in [0.717, 1.165) is 35.5 Å². The summed E-state index contributed by atoms with van der Waals surface area (Å²) in [5.74, 6) is 0.798. The largest absolute Gasteiger partial charge is 0.395 e. The molecule has 0 saturated heterocycles. The molecule has 2 atom stereocenters. The molecule has 4 nitrogen and oxygen atoms in total. The summed E-state index contributed by atoms with van der Waals surface area (Å²) in [5, 5.41) is 15.8. The quantitative estimate of drug-likeness (QED) is 0.808. The van der Waals surface area contributed by atoms with Gasteiger partial charge in [-0.2, -0.15) is 0 Å². The van der Waals surface area contributed by atoms with Gasteiger partial charge < -0.3 is 10.4 Å². The summed E-state index contributed by atoms with van der Waals surface area (Å²) in [7, 11) is 0. The van der Waals surface area contributed by atoms with Crippen LogP contribution < -0.4 is 5.32 Å². The van der Waals surface area contributed by atoms with Gasteiger partial charge in [0, 0.05) is 30.2 Å². The number of aliphatic hydroxyl groups excluding tert-OH is 1. The summed E-state index contributed by atoms with van der Waals surface area (Å²) in [4.78, 5) is 7.10. The zero-order valence-corrected chi connectivity index (χ0v) is 14.4. The van der Waals surface area contributed by atoms with Gasteiger partial charge in [-0.05, 0) is 37.3 Å². The molecule has 0 spiro atoms. The number of hydrogen-bond donors (Lipinski definition) is 2. The number of anilines is 2. The lowest BCUT2D eigenvalue weighted by molar-refractivity contribution is 0.141. The van der Waals surface area contributed by atoms with Gasteiger partial charge in [0.05, 0.1) is 12.3 Å². The van der Waals surface area contributed by atoms with Crippen LogP contribution in [0.4, 0.5) is 10.8 Å². The molecule has 2 aromatic rings. The molecule has 0 aliphatic heterocycles. The van der Waals surface area contributed by atoms with Gasteiger partial charge in [-0.25, -0.2) is 4.98 Å². The SMILES string of the molecule is CC1CCC(N(CCO)Cc2csc(Nc3ccccc3)n2)C1. The van der Waals surface area contributed by atoms with Crippen molar-refractivity contribution >= 4 is 22.2 Å². The van der Waals surface area contributed by atoms with Crippen LogP contribution in [0.5, 0.6) is 0 Å². The predicted molar refractivity (Wildman–Crippen MR) is 96.1 cm³/mol. The van der Waals surface area contributed by atoms with Crippen LogP contribution in [0.25, 0.3) is 0 Å². The Morgan fingerprint density at radius 1 is 1.30 bits per heavy atom. The van der Waals surface area contributed by atoms with Crippen LogP contribution in [0, 0.1) is 5.92 Å². The standard InChI is InChI=1S/C18H25N3OS/c1-14-7-8-17(11-14)21(9-10-22)12-16-13-23-18(20-16)19-15-5-3-2-4-6-15/h2-6,13-14,17,22H,7-12H2,1H3,(H,19,20). The molecular formula is C18H25N3OS. The van der Waals surface area contributed by atoms with Crippen LogP contribution in [-0.2, 0) is 6.54 Å². The lowest BCUT2D eigenvalue weighted by Gasteiger charge is -2.27. The third-order valence-electron chi connectivity index (χ3n) is 4.51. The Bertz CT molecular complexity index is 601. The van der Waals surface area contributed by atoms with E-state index in [9.17, 15) is 5.11 Å². The Morgan fingerprint density at radius 2 is 2.13 bits per heavy atom. The van der Waals surface area contributed by atoms with Crippen molar-refractivity contribution in [3.63, 3.8) is 0 Å². The normalized spacial score (nSPS) is 21.0. The van der Waals surface area contributed by atoms with Crippen molar-refractivity contribution in [2.45, 2.75) is 38.8 Å². The average Bonchev–Trinajstić information content (AvgIpc) is 3.17. The number of thiazole rings is 1. The van der Waals surface area contributed by atoms with E-state index in [-0.39, 0.29) is 6.61 Å². The highest BCUT2D eigenvalue weighted by atomic mass is 32.1. The molecular weight excluding hydrogens is 306 g/mol. The molecule has 2 N–H and O–H groups in total. The average molecular weight is 331 g/mol. The van der Waals surface area contributed by atoms with Crippen LogP contribution in [0.15, 0.2) is 35.7 Å². The van der Waals surface area contributed by atoms with E-state index in [4.69, 9.17) is 4.98 Å². The van der Waals surface area contributed by atoms with E-state index >= 15 is 0 Å². The van der Waals surface area contributed by atoms with Crippen molar-refractivity contribution in [2.24, 2.45) is 5.92 Å². The molecule has 0 amide bonds. The summed E-state index contributed by atoms with van der Waals surface area (Å²) < 4.78 is 0. The lowest BCUT2D eigenvalue weighted by Crippen LogP contribution is -2.35. The Morgan fingerprint density at radius 3 is 2.83 bits per heavy atom. The molecule has 1 aliphatic carbocycles. The molecule has 3 rings (SSSR count). The van der Waals surface area contributed by atoms with E-state index in [1.54, 1.807) is 11.3 Å². The maximum absolute atomic E-state index is 9.37. The van der Waals surface area contributed by atoms with E-state index < -0.39 is 0 Å². The second-order valence-electron chi connectivity index (χ2n) is 6.40. The van der Waals surface area contributed by atoms with Crippen molar-refractivity contribution in [1.82, 2.24) is 9.88 Å². The highest BCUT2D eigenvalue weighted by Crippen LogP contribution is 2.30. The second kappa shape index (κ2) is 7.90. The molecule has 1 saturated carbocycles. The zero-order chi connectivity index (χ0) is 16.1. The molecule has 0 bridgehead atoms. The van der Waals surface area contributed by atoms with Crippen LogP contribution in [0.2, 0.25) is 0 Å². The molecule has 1 fully saturated rings. The van der Waals surface area contributed by atoms with Crippen molar-refractivity contribution in [2.75, 3.05) is 18.5 Å². The fourth-order valence-corrected chi connectivity index (χ4v) is 4.04. The molecule has 1 aromatic heterocycles. The maximum atomic E-state index is 9.37. The first-order valence-electron chi connectivity index (χ1n) is 8.36. The monoisotopic (exact) mass is 331 g/mol. The minimum absolute atomic E-state index is 0.212. The second-order valence-corrected chi connectivity index (χ2v) is 7.26. The molecule has 124 valence electrons. The van der Waals surface area contributed by atoms with E-state index in [1.807, 2.05) is 30.3 Å². The van der Waals surface area contributed by atoms with Gasteiger partial charge in [-0.3, -0.25) is 4.90 Å². The smallest absolute Gasteiger partial charge is 0.187 e. The van der Waals surface area contributed by atoms with Gasteiger partial charge >= 0.3 is 0 Å². The summed E-state index contributed by atoms with van der Waals surface area (Å²) in [6, 6.07) is 10.7. The molecule has 5 heteroatoms. The maximum Gasteiger partial charge on any atom is 0.187 e. The van der Waals surface area contributed by atoms with Crippen LogP contribution in [-0.4, -0.2) is 34.2 Å². The molecule has 1 aliphatic rings. The van der Waals surface area contributed by atoms with Gasteiger partial charge in [-0.15, -0.1) is 11.3 Å². The first kappa shape index (κ1) is 16.4. The van der Waals surface area contributed by atoms with E-state index in [0.29, 0.717) is 6.04 Å². The van der Waals surface area contributed by atoms with Crippen LogP contribution in [0.3, 0.4) is 0 Å². The minimum Gasteiger partial charge on any atom is -0.395 e. The first-order chi connectivity index (χ1) is 11.2. The molecule has 0 radical (unpaired) electrons. The summed E-state index contributed by atoms with van der Waals surface area (Å²) in [6.07, 6.45) is 3.77. The van der Waals surface area contributed by atoms with Gasteiger partial charge in [0.2, 0.25) is 0 Å². The van der Waals surface area contributed by atoms with Crippen molar-refractivity contribution in [1.29, 1.82) is 0 Å². The Kier molecular flexibility index (Phi) is 5.65. The van der Waals surface area contributed by atoms with Gasteiger partial charge in [0.25, 0.3) is 0 Å². The summed E-state index contributed by atoms with van der Waals surface area (Å²) in [6.45, 7) is 4.09. The van der Waals surface area contributed by atoms with E-state index in [1.165, 1.54) is 19.3 Å². The topological polar surface area (TPSA) is 48.4 Å². The number of nitrogens with one attached hydrogen (secondary N) is 1. The van der Waals surface area contributed by atoms with Gasteiger partial charge in [0.1, 0.15) is 0 Å². The zero-order valence-electron chi connectivity index (χ0n) is 13.6. The summed E-state index contributed by atoms with van der Waals surface area (Å²) in [5.41, 5.74) is 2.15. The first-order valence-corrected chi connectivity index (χ1v) is 9.24. The van der Waals surface area contributed by atoms with Crippen molar-refractivity contribution in [3.05, 3.63) is 41.4 Å². The number of nitrogens with zero attached hydrogens (tertiary/aromatic N) is 2. The van der Waals surface area contributed by atoms with Crippen LogP contribution in [0.1, 0.15) is 31.9 Å². The minimum atomic E-state index is 0.212.